The molecule has 0 saturated carbocycles. The maximum atomic E-state index is 12.1. The van der Waals surface area contributed by atoms with Crippen LogP contribution in [0.4, 0.5) is 10.5 Å². The van der Waals surface area contributed by atoms with Gasteiger partial charge in [-0.1, -0.05) is 0 Å². The lowest BCUT2D eigenvalue weighted by Crippen LogP contribution is -2.32. The van der Waals surface area contributed by atoms with Gasteiger partial charge in [-0.2, -0.15) is 0 Å². The predicted octanol–water partition coefficient (Wildman–Crippen LogP) is 2.31. The smallest absolute Gasteiger partial charge is 0.319 e. The van der Waals surface area contributed by atoms with Crippen LogP contribution in [0, 0.1) is 0 Å². The van der Waals surface area contributed by atoms with E-state index in [9.17, 15) is 14.7 Å². The highest BCUT2D eigenvalue weighted by Gasteiger charge is 2.13. The number of carbonyl (C=O) groups excluding carboxylic acids is 2. The summed E-state index contributed by atoms with van der Waals surface area (Å²) >= 11 is 0. The number of rotatable bonds is 8. The molecule has 0 aliphatic rings. The average Bonchev–Trinajstić information content (AvgIpc) is 2.72. The summed E-state index contributed by atoms with van der Waals surface area (Å²) in [7, 11) is 3.04. The van der Waals surface area contributed by atoms with Crippen LogP contribution >= 0.6 is 0 Å². The number of amides is 3. The molecule has 150 valence electrons. The van der Waals surface area contributed by atoms with Crippen LogP contribution in [0.25, 0.3) is 0 Å². The third kappa shape index (κ3) is 5.88. The summed E-state index contributed by atoms with van der Waals surface area (Å²) in [6, 6.07) is 11.1. The molecule has 0 radical (unpaired) electrons. The Morgan fingerprint density at radius 1 is 1.00 bits per heavy atom. The molecule has 2 aromatic carbocycles. The second-order valence-electron chi connectivity index (χ2n) is 5.93. The lowest BCUT2D eigenvalue weighted by molar-refractivity contribution is 0.0956. The molecule has 3 amide bonds. The van der Waals surface area contributed by atoms with E-state index in [0.717, 1.165) is 0 Å². The molecule has 0 bridgehead atoms. The molecule has 8 nitrogen and oxygen atoms in total. The molecule has 2 rings (SSSR count). The zero-order valence-corrected chi connectivity index (χ0v) is 16.1. The molecule has 0 heterocycles. The Balaban J connectivity index is 1.90. The van der Waals surface area contributed by atoms with E-state index in [1.54, 1.807) is 42.5 Å². The molecular formula is C20H25N3O5. The van der Waals surface area contributed by atoms with Crippen molar-refractivity contribution in [3.63, 3.8) is 0 Å². The molecule has 0 aliphatic carbocycles. The van der Waals surface area contributed by atoms with E-state index < -0.39 is 12.1 Å². The summed E-state index contributed by atoms with van der Waals surface area (Å²) in [5.74, 6) is 0.922. The monoisotopic (exact) mass is 387 g/mol. The van der Waals surface area contributed by atoms with Crippen molar-refractivity contribution in [3.8, 4) is 11.5 Å². The summed E-state index contributed by atoms with van der Waals surface area (Å²) < 4.78 is 10.3. The number of nitrogens with one attached hydrogen (secondary N) is 3. The number of aliphatic hydroxyl groups is 1. The molecule has 0 aliphatic heterocycles. The van der Waals surface area contributed by atoms with Crippen molar-refractivity contribution in [2.45, 2.75) is 13.0 Å². The van der Waals surface area contributed by atoms with Crippen LogP contribution in [0.5, 0.6) is 11.5 Å². The number of anilines is 1. The van der Waals surface area contributed by atoms with Crippen molar-refractivity contribution >= 4 is 17.6 Å². The van der Waals surface area contributed by atoms with Gasteiger partial charge in [0.25, 0.3) is 5.91 Å². The Hall–Kier alpha value is -3.26. The first-order valence-electron chi connectivity index (χ1n) is 8.81. The van der Waals surface area contributed by atoms with Crippen molar-refractivity contribution < 1.29 is 24.2 Å². The Morgan fingerprint density at radius 3 is 2.14 bits per heavy atom. The maximum Gasteiger partial charge on any atom is 0.319 e. The summed E-state index contributed by atoms with van der Waals surface area (Å²) in [5.41, 5.74) is 1.60. The Bertz CT molecular complexity index is 786. The van der Waals surface area contributed by atoms with E-state index in [1.807, 2.05) is 6.92 Å². The number of ether oxygens (including phenoxy) is 2. The second kappa shape index (κ2) is 10.2. The highest BCUT2D eigenvalue weighted by Crippen LogP contribution is 2.26. The summed E-state index contributed by atoms with van der Waals surface area (Å²) in [6.45, 7) is 2.38. The number of hydrogen-bond acceptors (Lipinski definition) is 5. The number of benzene rings is 2. The molecule has 28 heavy (non-hydrogen) atoms. The first-order valence-corrected chi connectivity index (χ1v) is 8.81. The highest BCUT2D eigenvalue weighted by molar-refractivity contribution is 5.95. The molecule has 0 fully saturated rings. The zero-order chi connectivity index (χ0) is 20.5. The van der Waals surface area contributed by atoms with Gasteiger partial charge < -0.3 is 30.5 Å². The van der Waals surface area contributed by atoms with Gasteiger partial charge in [0.15, 0.2) is 0 Å². The van der Waals surface area contributed by atoms with Gasteiger partial charge in [-0.05, 0) is 48.9 Å². The first-order chi connectivity index (χ1) is 13.5. The Morgan fingerprint density at radius 2 is 1.61 bits per heavy atom. The van der Waals surface area contributed by atoms with Crippen LogP contribution in [-0.4, -0.2) is 44.4 Å². The van der Waals surface area contributed by atoms with Gasteiger partial charge in [-0.25, -0.2) is 4.79 Å². The Labute approximate surface area is 163 Å². The lowest BCUT2D eigenvalue weighted by Gasteiger charge is -2.15. The van der Waals surface area contributed by atoms with E-state index in [2.05, 4.69) is 16.0 Å². The van der Waals surface area contributed by atoms with Crippen LogP contribution in [0.1, 0.15) is 28.9 Å². The lowest BCUT2D eigenvalue weighted by atomic mass is 10.1. The van der Waals surface area contributed by atoms with Gasteiger partial charge in [0.05, 0.1) is 20.3 Å². The van der Waals surface area contributed by atoms with E-state index in [4.69, 9.17) is 9.47 Å². The summed E-state index contributed by atoms with van der Waals surface area (Å²) in [4.78, 5) is 23.8. The summed E-state index contributed by atoms with van der Waals surface area (Å²) in [5, 5.41) is 18.3. The van der Waals surface area contributed by atoms with E-state index in [1.165, 1.54) is 14.2 Å². The second-order valence-corrected chi connectivity index (χ2v) is 5.93. The van der Waals surface area contributed by atoms with Crippen LogP contribution < -0.4 is 25.4 Å². The molecule has 0 spiro atoms. The largest absolute Gasteiger partial charge is 0.497 e. The number of aliphatic hydroxyl groups excluding tert-OH is 1. The van der Waals surface area contributed by atoms with Gasteiger partial charge in [0.2, 0.25) is 0 Å². The third-order valence-electron chi connectivity index (χ3n) is 3.96. The van der Waals surface area contributed by atoms with Gasteiger partial charge in [0, 0.05) is 30.4 Å². The minimum absolute atomic E-state index is 0.000848. The number of urea groups is 1. The fraction of sp³-hybridized carbons (Fsp3) is 0.300. The van der Waals surface area contributed by atoms with Crippen LogP contribution in [-0.2, 0) is 0 Å². The van der Waals surface area contributed by atoms with Gasteiger partial charge >= 0.3 is 6.03 Å². The number of methoxy groups -OCH3 is 2. The number of hydrogen-bond donors (Lipinski definition) is 4. The molecule has 0 saturated heterocycles. The topological polar surface area (TPSA) is 109 Å². The molecule has 4 N–H and O–H groups in total. The predicted molar refractivity (Wildman–Crippen MR) is 106 cm³/mol. The van der Waals surface area contributed by atoms with Crippen molar-refractivity contribution in [1.82, 2.24) is 10.6 Å². The van der Waals surface area contributed by atoms with Crippen molar-refractivity contribution in [3.05, 3.63) is 53.6 Å². The SMILES string of the molecule is CCNC(=O)c1ccc(NC(=O)NCC(O)c2cc(OC)cc(OC)c2)cc1. The molecule has 2 aromatic rings. The van der Waals surface area contributed by atoms with E-state index in [-0.39, 0.29) is 12.5 Å². The number of carbonyl (C=O) groups is 2. The van der Waals surface area contributed by atoms with Crippen LogP contribution in [0.15, 0.2) is 42.5 Å². The standard InChI is InChI=1S/C20H25N3O5/c1-4-21-19(25)13-5-7-15(8-6-13)23-20(26)22-12-18(24)14-9-16(27-2)11-17(10-14)28-3/h5-11,18,24H,4,12H2,1-3H3,(H,21,25)(H2,22,23,26). The van der Waals surface area contributed by atoms with Crippen molar-refractivity contribution in [2.24, 2.45) is 0 Å². The molecule has 0 aromatic heterocycles. The minimum atomic E-state index is -0.935. The Kier molecular flexibility index (Phi) is 7.65. The zero-order valence-electron chi connectivity index (χ0n) is 16.1. The molecule has 8 heteroatoms. The van der Waals surface area contributed by atoms with Crippen LogP contribution in [0.2, 0.25) is 0 Å². The third-order valence-corrected chi connectivity index (χ3v) is 3.96. The van der Waals surface area contributed by atoms with E-state index in [0.29, 0.717) is 34.9 Å². The minimum Gasteiger partial charge on any atom is -0.497 e. The first kappa shape index (κ1) is 21.0. The van der Waals surface area contributed by atoms with Crippen LogP contribution in [0.3, 0.4) is 0 Å². The maximum absolute atomic E-state index is 12.1. The van der Waals surface area contributed by atoms with Gasteiger partial charge in [-0.15, -0.1) is 0 Å². The van der Waals surface area contributed by atoms with E-state index >= 15 is 0 Å². The fourth-order valence-electron chi connectivity index (χ4n) is 2.47. The fourth-order valence-corrected chi connectivity index (χ4v) is 2.47. The van der Waals surface area contributed by atoms with Gasteiger partial charge in [-0.3, -0.25) is 4.79 Å². The highest BCUT2D eigenvalue weighted by atomic mass is 16.5. The molecule has 1 atom stereocenters. The molecule has 1 unspecified atom stereocenters. The summed E-state index contributed by atoms with van der Waals surface area (Å²) in [6.07, 6.45) is -0.935. The van der Waals surface area contributed by atoms with Crippen molar-refractivity contribution in [1.29, 1.82) is 0 Å². The van der Waals surface area contributed by atoms with Gasteiger partial charge in [0.1, 0.15) is 11.5 Å². The molecular weight excluding hydrogens is 362 g/mol. The van der Waals surface area contributed by atoms with Crippen molar-refractivity contribution in [2.75, 3.05) is 32.6 Å². The average molecular weight is 387 g/mol. The quantitative estimate of drug-likeness (QED) is 0.556. The normalized spacial score (nSPS) is 11.3.